The molecule has 0 radical (unpaired) electrons. The van der Waals surface area contributed by atoms with Gasteiger partial charge in [-0.15, -0.1) is 0 Å². The maximum Gasteiger partial charge on any atom is 0.410 e. The summed E-state index contributed by atoms with van der Waals surface area (Å²) in [6.07, 6.45) is 9.57. The molecule has 0 aliphatic carbocycles. The lowest BCUT2D eigenvalue weighted by Crippen LogP contribution is -2.54. The van der Waals surface area contributed by atoms with Gasteiger partial charge in [-0.2, -0.15) is 0 Å². The van der Waals surface area contributed by atoms with E-state index in [0.29, 0.717) is 26.2 Å². The topological polar surface area (TPSA) is 48.0 Å². The van der Waals surface area contributed by atoms with Gasteiger partial charge in [0, 0.05) is 18.9 Å². The Hall–Kier alpha value is -1.59. The number of nitrogens with zero attached hydrogens (tertiary/aromatic N) is 1. The molecule has 3 rings (SSSR count). The molecule has 1 aromatic rings. The number of unbranched alkanes of at least 4 members (excludes halogenated alkanes) is 5. The van der Waals surface area contributed by atoms with Crippen molar-refractivity contribution in [3.05, 3.63) is 35.9 Å². The molecule has 2 aliphatic heterocycles. The normalized spacial score (nSPS) is 23.4. The summed E-state index contributed by atoms with van der Waals surface area (Å²) in [6, 6.07) is 10.2. The van der Waals surface area contributed by atoms with Crippen molar-refractivity contribution < 1.29 is 19.0 Å². The first-order chi connectivity index (χ1) is 14.2. The van der Waals surface area contributed by atoms with Crippen LogP contribution in [0.3, 0.4) is 0 Å². The van der Waals surface area contributed by atoms with Crippen molar-refractivity contribution in [3.63, 3.8) is 0 Å². The number of carbonyl (C=O) groups is 1. The Morgan fingerprint density at radius 2 is 1.72 bits per heavy atom. The maximum absolute atomic E-state index is 13.0. The summed E-state index contributed by atoms with van der Waals surface area (Å²) in [5, 5.41) is 0. The molecule has 2 atom stereocenters. The van der Waals surface area contributed by atoms with Gasteiger partial charge in [0.25, 0.3) is 0 Å². The van der Waals surface area contributed by atoms with Crippen molar-refractivity contribution in [2.75, 3.05) is 19.8 Å². The summed E-state index contributed by atoms with van der Waals surface area (Å²) in [4.78, 5) is 15.0. The van der Waals surface area contributed by atoms with E-state index in [4.69, 9.17) is 14.2 Å². The predicted octanol–water partition coefficient (Wildman–Crippen LogP) is 5.84. The Morgan fingerprint density at radius 3 is 2.41 bits per heavy atom. The number of carbonyl (C=O) groups excluding carboxylic acids is 1. The number of likely N-dealkylation sites (tertiary alicyclic amines) is 1. The highest BCUT2D eigenvalue weighted by molar-refractivity contribution is 5.69. The van der Waals surface area contributed by atoms with Crippen LogP contribution in [-0.2, 0) is 14.2 Å². The van der Waals surface area contributed by atoms with Crippen LogP contribution in [0.4, 0.5) is 4.79 Å². The number of hydrogen-bond acceptors (Lipinski definition) is 4. The number of ether oxygens (including phenoxy) is 3. The van der Waals surface area contributed by atoms with Gasteiger partial charge in [0.15, 0.2) is 5.79 Å². The lowest BCUT2D eigenvalue weighted by atomic mass is 9.84. The average Bonchev–Trinajstić information content (AvgIpc) is 3.18. The molecule has 5 heteroatoms. The van der Waals surface area contributed by atoms with Crippen LogP contribution >= 0.6 is 0 Å². The van der Waals surface area contributed by atoms with Crippen LogP contribution < -0.4 is 0 Å². The van der Waals surface area contributed by atoms with E-state index in [2.05, 4.69) is 19.1 Å². The summed E-state index contributed by atoms with van der Waals surface area (Å²) >= 11 is 0. The summed E-state index contributed by atoms with van der Waals surface area (Å²) in [6.45, 7) is 5.75. The van der Waals surface area contributed by atoms with Crippen molar-refractivity contribution in [1.82, 2.24) is 4.90 Å². The predicted molar refractivity (Wildman–Crippen MR) is 114 cm³/mol. The molecule has 0 bridgehead atoms. The fraction of sp³-hybridized carbons (Fsp3) is 0.708. The zero-order valence-electron chi connectivity index (χ0n) is 18.1. The summed E-state index contributed by atoms with van der Waals surface area (Å²) < 4.78 is 17.7. The molecule has 1 aromatic carbocycles. The van der Waals surface area contributed by atoms with E-state index in [9.17, 15) is 4.79 Å². The van der Waals surface area contributed by atoms with Crippen LogP contribution in [0.1, 0.15) is 83.2 Å². The van der Waals surface area contributed by atoms with Crippen molar-refractivity contribution >= 4 is 6.09 Å². The first-order valence-electron chi connectivity index (χ1n) is 11.5. The Balaban J connectivity index is 1.77. The van der Waals surface area contributed by atoms with E-state index in [1.165, 1.54) is 32.1 Å². The first kappa shape index (κ1) is 22.1. The number of amides is 1. The van der Waals surface area contributed by atoms with Gasteiger partial charge >= 0.3 is 6.09 Å². The van der Waals surface area contributed by atoms with Crippen LogP contribution in [-0.4, -0.2) is 42.6 Å². The summed E-state index contributed by atoms with van der Waals surface area (Å²) in [7, 11) is 0. The molecular formula is C24H37NO4. The van der Waals surface area contributed by atoms with Crippen molar-refractivity contribution in [2.24, 2.45) is 0 Å². The van der Waals surface area contributed by atoms with Gasteiger partial charge in [-0.1, -0.05) is 75.8 Å². The second-order valence-electron chi connectivity index (χ2n) is 8.26. The minimum absolute atomic E-state index is 0.0669. The zero-order chi connectivity index (χ0) is 20.5. The van der Waals surface area contributed by atoms with E-state index in [1.807, 2.05) is 30.0 Å². The molecule has 2 heterocycles. The first-order valence-corrected chi connectivity index (χ1v) is 11.5. The van der Waals surface area contributed by atoms with E-state index >= 15 is 0 Å². The third kappa shape index (κ3) is 5.73. The molecule has 1 amide bonds. The van der Waals surface area contributed by atoms with E-state index in [1.54, 1.807) is 0 Å². The van der Waals surface area contributed by atoms with Crippen LogP contribution in [0.15, 0.2) is 30.3 Å². The second-order valence-corrected chi connectivity index (χ2v) is 8.26. The van der Waals surface area contributed by atoms with Gasteiger partial charge in [0.05, 0.1) is 25.9 Å². The van der Waals surface area contributed by atoms with Crippen LogP contribution in [0.2, 0.25) is 0 Å². The minimum Gasteiger partial charge on any atom is -0.450 e. The molecule has 1 spiro atoms. The van der Waals surface area contributed by atoms with Gasteiger partial charge in [-0.3, -0.25) is 4.90 Å². The third-order valence-electron chi connectivity index (χ3n) is 6.15. The maximum atomic E-state index is 13.0. The van der Waals surface area contributed by atoms with Crippen LogP contribution in [0, 0.1) is 0 Å². The van der Waals surface area contributed by atoms with Gasteiger partial charge in [0.2, 0.25) is 0 Å². The van der Waals surface area contributed by atoms with E-state index < -0.39 is 5.79 Å². The second kappa shape index (κ2) is 11.0. The van der Waals surface area contributed by atoms with Crippen molar-refractivity contribution in [1.29, 1.82) is 0 Å². The number of hydrogen-bond donors (Lipinski definition) is 0. The molecule has 29 heavy (non-hydrogen) atoms. The molecule has 2 aliphatic rings. The van der Waals surface area contributed by atoms with Gasteiger partial charge in [0.1, 0.15) is 0 Å². The van der Waals surface area contributed by atoms with Gasteiger partial charge in [-0.25, -0.2) is 4.79 Å². The molecule has 5 nitrogen and oxygen atoms in total. The van der Waals surface area contributed by atoms with Crippen molar-refractivity contribution in [3.8, 4) is 0 Å². The Morgan fingerprint density at radius 1 is 1.03 bits per heavy atom. The van der Waals surface area contributed by atoms with Gasteiger partial charge < -0.3 is 14.2 Å². The molecule has 2 fully saturated rings. The Kier molecular flexibility index (Phi) is 8.37. The smallest absolute Gasteiger partial charge is 0.410 e. The molecular weight excluding hydrogens is 366 g/mol. The Labute approximate surface area is 175 Å². The average molecular weight is 404 g/mol. The summed E-state index contributed by atoms with van der Waals surface area (Å²) in [5.41, 5.74) is 1.12. The number of rotatable bonds is 9. The highest BCUT2D eigenvalue weighted by Gasteiger charge is 2.50. The fourth-order valence-corrected chi connectivity index (χ4v) is 4.75. The molecule has 0 N–H and O–H groups in total. The number of benzene rings is 1. The zero-order valence-corrected chi connectivity index (χ0v) is 18.1. The lowest BCUT2D eigenvalue weighted by Gasteiger charge is -2.48. The van der Waals surface area contributed by atoms with Crippen LogP contribution in [0.25, 0.3) is 0 Å². The van der Waals surface area contributed by atoms with E-state index in [0.717, 1.165) is 24.8 Å². The molecule has 2 saturated heterocycles. The highest BCUT2D eigenvalue weighted by atomic mass is 16.7. The fourth-order valence-electron chi connectivity index (χ4n) is 4.75. The minimum atomic E-state index is -0.573. The third-order valence-corrected chi connectivity index (χ3v) is 6.15. The summed E-state index contributed by atoms with van der Waals surface area (Å²) in [5.74, 6) is -0.573. The lowest BCUT2D eigenvalue weighted by molar-refractivity contribution is -0.206. The largest absolute Gasteiger partial charge is 0.450 e. The molecule has 162 valence electrons. The molecule has 0 saturated carbocycles. The molecule has 0 unspecified atom stereocenters. The van der Waals surface area contributed by atoms with Crippen LogP contribution in [0.5, 0.6) is 0 Å². The SMILES string of the molecule is CCCCCCCC[C@H]1CC2(C[C@H](c3ccccc3)N1C(=O)OCC)OCCO2. The quantitative estimate of drug-likeness (QED) is 0.486. The standard InChI is InChI=1S/C24H37NO4/c1-3-5-6-7-8-12-15-21-18-24(28-16-17-29-24)19-22(20-13-10-9-11-14-20)25(21)23(26)27-4-2/h9-11,13-14,21-22H,3-8,12,15-19H2,1-2H3/t21-,22+/m0/s1. The monoisotopic (exact) mass is 403 g/mol. The van der Waals surface area contributed by atoms with Gasteiger partial charge in [-0.05, 0) is 18.9 Å². The number of piperidine rings is 1. The van der Waals surface area contributed by atoms with Crippen molar-refractivity contribution in [2.45, 2.75) is 89.5 Å². The van der Waals surface area contributed by atoms with E-state index in [-0.39, 0.29) is 18.2 Å². The molecule has 0 aromatic heterocycles. The Bertz CT molecular complexity index is 615. The highest BCUT2D eigenvalue weighted by Crippen LogP contribution is 2.45.